The number of hydrogen-bond donors (Lipinski definition) is 0. The average Bonchev–Trinajstić information content (AvgIpc) is 3.00. The maximum Gasteiger partial charge on any atom is 0.278 e. The minimum atomic E-state index is -0.607. The Labute approximate surface area is 153 Å². The van der Waals surface area contributed by atoms with E-state index >= 15 is 0 Å². The summed E-state index contributed by atoms with van der Waals surface area (Å²) in [5.74, 6) is -2.01. The highest BCUT2D eigenvalue weighted by atomic mass is 19.1. The highest BCUT2D eigenvalue weighted by Crippen LogP contribution is 2.27. The molecule has 0 N–H and O–H groups in total. The van der Waals surface area contributed by atoms with E-state index in [1.165, 1.54) is 29.2 Å². The Morgan fingerprint density at radius 3 is 2.48 bits per heavy atom. The predicted molar refractivity (Wildman–Crippen MR) is 93.5 cm³/mol. The van der Waals surface area contributed by atoms with Crippen molar-refractivity contribution in [2.24, 2.45) is 12.1 Å². The number of nitrogens with zero attached hydrogens (tertiary/aromatic N) is 5. The van der Waals surface area contributed by atoms with Gasteiger partial charge in [-0.25, -0.2) is 4.39 Å². The smallest absolute Gasteiger partial charge is 0.278 e. The highest BCUT2D eigenvalue weighted by Gasteiger charge is 2.40. The maximum absolute atomic E-state index is 13.1. The number of hydrazone groups is 1. The number of amides is 2. The number of ketones is 1. The van der Waals surface area contributed by atoms with Gasteiger partial charge in [-0.2, -0.15) is 15.2 Å². The zero-order valence-corrected chi connectivity index (χ0v) is 14.5. The second-order valence-corrected chi connectivity index (χ2v) is 6.55. The van der Waals surface area contributed by atoms with E-state index in [9.17, 15) is 18.8 Å². The molecule has 0 unspecified atom stereocenters. The van der Waals surface area contributed by atoms with Crippen molar-refractivity contribution < 1.29 is 18.8 Å². The first-order valence-corrected chi connectivity index (χ1v) is 8.41. The number of benzene rings is 1. The van der Waals surface area contributed by atoms with Crippen LogP contribution in [0.1, 0.15) is 18.0 Å². The van der Waals surface area contributed by atoms with E-state index in [2.05, 4.69) is 10.2 Å². The SMILES string of the molecule is Cn1ccc(C2CN(C(=O)C3=NN(c4ccc(F)cc4)C(=O)CC3=O)C2)n1. The minimum Gasteiger partial charge on any atom is -0.336 e. The van der Waals surface area contributed by atoms with Gasteiger partial charge in [0, 0.05) is 32.3 Å². The van der Waals surface area contributed by atoms with E-state index in [0.717, 1.165) is 10.7 Å². The van der Waals surface area contributed by atoms with E-state index in [4.69, 9.17) is 0 Å². The fraction of sp³-hybridized carbons (Fsp3) is 0.278. The van der Waals surface area contributed by atoms with Crippen molar-refractivity contribution in [2.75, 3.05) is 18.1 Å². The summed E-state index contributed by atoms with van der Waals surface area (Å²) in [4.78, 5) is 38.5. The largest absolute Gasteiger partial charge is 0.336 e. The summed E-state index contributed by atoms with van der Waals surface area (Å²) < 4.78 is 14.8. The van der Waals surface area contributed by atoms with Crippen LogP contribution in [-0.2, 0) is 21.4 Å². The molecule has 1 saturated heterocycles. The van der Waals surface area contributed by atoms with Crippen molar-refractivity contribution in [2.45, 2.75) is 12.3 Å². The summed E-state index contributed by atoms with van der Waals surface area (Å²) in [7, 11) is 1.82. The van der Waals surface area contributed by atoms with Crippen LogP contribution in [0.2, 0.25) is 0 Å². The van der Waals surface area contributed by atoms with E-state index < -0.39 is 29.8 Å². The molecular formula is C18H16FN5O3. The number of Topliss-reactive ketones (excluding diaryl/α,β-unsaturated/α-hetero) is 1. The molecule has 2 aromatic rings. The van der Waals surface area contributed by atoms with E-state index in [1.807, 2.05) is 19.3 Å². The first kappa shape index (κ1) is 17.1. The van der Waals surface area contributed by atoms with Crippen LogP contribution in [0.3, 0.4) is 0 Å². The van der Waals surface area contributed by atoms with Crippen LogP contribution < -0.4 is 5.01 Å². The third-order valence-corrected chi connectivity index (χ3v) is 4.61. The second-order valence-electron chi connectivity index (χ2n) is 6.55. The average molecular weight is 369 g/mol. The molecule has 4 rings (SSSR count). The van der Waals surface area contributed by atoms with Crippen molar-refractivity contribution in [3.8, 4) is 0 Å². The second kappa shape index (κ2) is 6.42. The lowest BCUT2D eigenvalue weighted by atomic mass is 9.95. The lowest BCUT2D eigenvalue weighted by molar-refractivity contribution is -0.130. The molecule has 9 heteroatoms. The number of hydrogen-bond acceptors (Lipinski definition) is 5. The summed E-state index contributed by atoms with van der Waals surface area (Å²) in [5, 5.41) is 9.26. The summed E-state index contributed by atoms with van der Waals surface area (Å²) in [6, 6.07) is 7.00. The zero-order chi connectivity index (χ0) is 19.1. The number of carbonyl (C=O) groups is 3. The molecule has 0 bridgehead atoms. The number of halogens is 1. The monoisotopic (exact) mass is 369 g/mol. The number of carbonyl (C=O) groups excluding carboxylic acids is 3. The minimum absolute atomic E-state index is 0.115. The third kappa shape index (κ3) is 3.12. The van der Waals surface area contributed by atoms with Gasteiger partial charge in [-0.15, -0.1) is 0 Å². The third-order valence-electron chi connectivity index (χ3n) is 4.61. The van der Waals surface area contributed by atoms with Gasteiger partial charge < -0.3 is 4.90 Å². The van der Waals surface area contributed by atoms with Gasteiger partial charge in [0.05, 0.1) is 17.8 Å². The Morgan fingerprint density at radius 2 is 1.85 bits per heavy atom. The molecule has 0 aliphatic carbocycles. The molecule has 0 atom stereocenters. The highest BCUT2D eigenvalue weighted by molar-refractivity contribution is 6.67. The van der Waals surface area contributed by atoms with Crippen LogP contribution in [-0.4, -0.2) is 51.1 Å². The Balaban J connectivity index is 1.52. The molecule has 1 aromatic carbocycles. The topological polar surface area (TPSA) is 87.9 Å². The van der Waals surface area contributed by atoms with E-state index in [1.54, 1.807) is 4.68 Å². The maximum atomic E-state index is 13.1. The van der Waals surface area contributed by atoms with E-state index in [-0.39, 0.29) is 11.6 Å². The lowest BCUT2D eigenvalue weighted by Gasteiger charge is -2.38. The summed E-state index contributed by atoms with van der Waals surface area (Å²) in [6.07, 6.45) is 1.39. The molecule has 138 valence electrons. The van der Waals surface area contributed by atoms with Gasteiger partial charge in [0.2, 0.25) is 0 Å². The molecule has 0 spiro atoms. The molecule has 0 radical (unpaired) electrons. The molecule has 1 aromatic heterocycles. The Bertz CT molecular complexity index is 960. The fourth-order valence-corrected chi connectivity index (χ4v) is 3.09. The van der Waals surface area contributed by atoms with Gasteiger partial charge in [0.1, 0.15) is 5.82 Å². The summed E-state index contributed by atoms with van der Waals surface area (Å²) >= 11 is 0. The first-order valence-electron chi connectivity index (χ1n) is 8.41. The van der Waals surface area contributed by atoms with Crippen LogP contribution >= 0.6 is 0 Å². The number of likely N-dealkylation sites (tertiary alicyclic amines) is 1. The van der Waals surface area contributed by atoms with Crippen molar-refractivity contribution in [3.63, 3.8) is 0 Å². The summed E-state index contributed by atoms with van der Waals surface area (Å²) in [5.41, 5.74) is 0.911. The zero-order valence-electron chi connectivity index (χ0n) is 14.5. The molecule has 3 heterocycles. The number of anilines is 1. The number of rotatable bonds is 3. The standard InChI is InChI=1S/C18H16FN5O3/c1-22-7-6-14(20-22)11-9-23(10-11)18(27)17-15(25)8-16(26)24(21-17)13-4-2-12(19)3-5-13/h2-7,11H,8-10H2,1H3. The molecule has 2 aliphatic rings. The molecule has 2 amide bonds. The molecular weight excluding hydrogens is 353 g/mol. The van der Waals surface area contributed by atoms with Gasteiger partial charge in [0.15, 0.2) is 11.5 Å². The quantitative estimate of drug-likeness (QED) is 0.751. The Hall–Kier alpha value is -3.36. The van der Waals surface area contributed by atoms with Gasteiger partial charge in [-0.1, -0.05) is 0 Å². The predicted octanol–water partition coefficient (Wildman–Crippen LogP) is 0.847. The normalized spacial score (nSPS) is 17.8. The van der Waals surface area contributed by atoms with Crippen molar-refractivity contribution in [1.82, 2.24) is 14.7 Å². The molecule has 2 aliphatic heterocycles. The fourth-order valence-electron chi connectivity index (χ4n) is 3.09. The van der Waals surface area contributed by atoms with Crippen LogP contribution in [0, 0.1) is 5.82 Å². The van der Waals surface area contributed by atoms with Crippen molar-refractivity contribution in [3.05, 3.63) is 48.0 Å². The van der Waals surface area contributed by atoms with Crippen LogP contribution in [0.25, 0.3) is 0 Å². The molecule has 1 fully saturated rings. The first-order chi connectivity index (χ1) is 12.9. The Morgan fingerprint density at radius 1 is 1.15 bits per heavy atom. The van der Waals surface area contributed by atoms with Crippen LogP contribution in [0.5, 0.6) is 0 Å². The van der Waals surface area contributed by atoms with Gasteiger partial charge in [-0.05, 0) is 30.3 Å². The number of aromatic nitrogens is 2. The van der Waals surface area contributed by atoms with Gasteiger partial charge >= 0.3 is 0 Å². The summed E-state index contributed by atoms with van der Waals surface area (Å²) in [6.45, 7) is 0.874. The van der Waals surface area contributed by atoms with E-state index in [0.29, 0.717) is 18.8 Å². The van der Waals surface area contributed by atoms with Crippen molar-refractivity contribution in [1.29, 1.82) is 0 Å². The van der Waals surface area contributed by atoms with Crippen LogP contribution in [0.15, 0.2) is 41.6 Å². The van der Waals surface area contributed by atoms with Crippen molar-refractivity contribution >= 4 is 29.0 Å². The lowest BCUT2D eigenvalue weighted by Crippen LogP contribution is -2.54. The molecule has 0 saturated carbocycles. The van der Waals surface area contributed by atoms with Crippen LogP contribution in [0.4, 0.5) is 10.1 Å². The van der Waals surface area contributed by atoms with Gasteiger partial charge in [0.25, 0.3) is 11.8 Å². The Kier molecular flexibility index (Phi) is 4.06. The number of aryl methyl sites for hydroxylation is 1. The van der Waals surface area contributed by atoms with Gasteiger partial charge in [-0.3, -0.25) is 19.1 Å². The molecule has 8 nitrogen and oxygen atoms in total. The molecule has 27 heavy (non-hydrogen) atoms.